The lowest BCUT2D eigenvalue weighted by atomic mass is 10.1. The van der Waals surface area contributed by atoms with Gasteiger partial charge in [-0.3, -0.25) is 4.68 Å². The lowest BCUT2D eigenvalue weighted by Gasteiger charge is -2.00. The van der Waals surface area contributed by atoms with Gasteiger partial charge in [-0.05, 0) is 18.9 Å². The molecule has 84 valence electrons. The molecule has 16 heavy (non-hydrogen) atoms. The van der Waals surface area contributed by atoms with Crippen molar-refractivity contribution in [3.05, 3.63) is 47.8 Å². The van der Waals surface area contributed by atoms with Crippen LogP contribution in [0.1, 0.15) is 23.6 Å². The fourth-order valence-electron chi connectivity index (χ4n) is 1.49. The van der Waals surface area contributed by atoms with Crippen LogP contribution in [0.2, 0.25) is 0 Å². The van der Waals surface area contributed by atoms with Crippen LogP contribution in [0.5, 0.6) is 0 Å². The van der Waals surface area contributed by atoms with Crippen LogP contribution in [-0.4, -0.2) is 15.0 Å². The van der Waals surface area contributed by atoms with Gasteiger partial charge >= 0.3 is 0 Å². The van der Waals surface area contributed by atoms with Gasteiger partial charge in [0.05, 0.1) is 5.38 Å². The van der Waals surface area contributed by atoms with E-state index in [-0.39, 0.29) is 5.38 Å². The highest BCUT2D eigenvalue weighted by atomic mass is 35.5. The van der Waals surface area contributed by atoms with Gasteiger partial charge in [-0.1, -0.05) is 35.5 Å². The van der Waals surface area contributed by atoms with E-state index >= 15 is 0 Å². The van der Waals surface area contributed by atoms with Gasteiger partial charge in [0.15, 0.2) is 0 Å². The summed E-state index contributed by atoms with van der Waals surface area (Å²) in [6, 6.07) is 10.3. The van der Waals surface area contributed by atoms with E-state index in [9.17, 15) is 0 Å². The molecule has 4 heteroatoms. The van der Waals surface area contributed by atoms with Crippen LogP contribution in [0.3, 0.4) is 0 Å². The maximum atomic E-state index is 5.92. The predicted octanol–water partition coefficient (Wildman–Crippen LogP) is 2.82. The topological polar surface area (TPSA) is 30.7 Å². The number of halogens is 1. The number of aromatic nitrogens is 3. The summed E-state index contributed by atoms with van der Waals surface area (Å²) >= 11 is 5.92. The minimum atomic E-state index is -0.0783. The highest BCUT2D eigenvalue weighted by Crippen LogP contribution is 2.15. The van der Waals surface area contributed by atoms with Crippen LogP contribution < -0.4 is 0 Å². The number of benzene rings is 1. The Morgan fingerprint density at radius 3 is 2.69 bits per heavy atom. The van der Waals surface area contributed by atoms with Crippen molar-refractivity contribution < 1.29 is 0 Å². The van der Waals surface area contributed by atoms with Crippen LogP contribution >= 0.6 is 11.6 Å². The van der Waals surface area contributed by atoms with Crippen LogP contribution in [0.25, 0.3) is 0 Å². The molecule has 3 nitrogen and oxygen atoms in total. The molecule has 0 spiro atoms. The van der Waals surface area contributed by atoms with Gasteiger partial charge in [0.1, 0.15) is 5.69 Å². The first-order valence-electron chi connectivity index (χ1n) is 5.34. The fourth-order valence-corrected chi connectivity index (χ4v) is 1.59. The number of alkyl halides is 1. The zero-order chi connectivity index (χ0) is 11.4. The molecule has 2 rings (SSSR count). The number of nitrogens with zero attached hydrogens (tertiary/aromatic N) is 3. The molecule has 0 bridgehead atoms. The van der Waals surface area contributed by atoms with E-state index in [0.717, 1.165) is 18.7 Å². The Kier molecular flexibility index (Phi) is 3.57. The van der Waals surface area contributed by atoms with E-state index in [4.69, 9.17) is 11.6 Å². The highest BCUT2D eigenvalue weighted by Gasteiger charge is 2.06. The molecule has 0 amide bonds. The lowest BCUT2D eigenvalue weighted by molar-refractivity contribution is 0.589. The maximum Gasteiger partial charge on any atom is 0.100 e. The zero-order valence-electron chi connectivity index (χ0n) is 9.18. The molecule has 0 N–H and O–H groups in total. The third kappa shape index (κ3) is 2.83. The molecule has 1 heterocycles. The summed E-state index contributed by atoms with van der Waals surface area (Å²) in [5.41, 5.74) is 2.13. The number of hydrogen-bond donors (Lipinski definition) is 0. The summed E-state index contributed by atoms with van der Waals surface area (Å²) in [5, 5.41) is 7.97. The van der Waals surface area contributed by atoms with Gasteiger partial charge in [-0.15, -0.1) is 16.7 Å². The zero-order valence-corrected chi connectivity index (χ0v) is 9.93. The average Bonchev–Trinajstić information content (AvgIpc) is 2.76. The molecule has 1 atom stereocenters. The second kappa shape index (κ2) is 5.12. The summed E-state index contributed by atoms with van der Waals surface area (Å²) in [7, 11) is 0. The van der Waals surface area contributed by atoms with Gasteiger partial charge in [0.25, 0.3) is 0 Å². The molecule has 0 aliphatic rings. The molecule has 1 aromatic carbocycles. The van der Waals surface area contributed by atoms with E-state index in [1.807, 2.05) is 36.0 Å². The maximum absolute atomic E-state index is 5.92. The molecule has 2 aromatic rings. The Morgan fingerprint density at radius 1 is 1.31 bits per heavy atom. The van der Waals surface area contributed by atoms with Crippen LogP contribution in [0.4, 0.5) is 0 Å². The van der Waals surface area contributed by atoms with E-state index in [1.54, 1.807) is 0 Å². The van der Waals surface area contributed by atoms with Crippen molar-refractivity contribution in [3.63, 3.8) is 0 Å². The van der Waals surface area contributed by atoms with Crippen molar-refractivity contribution >= 4 is 11.6 Å². The summed E-state index contributed by atoms with van der Waals surface area (Å²) in [6.07, 6.45) is 2.86. The molecule has 0 aliphatic heterocycles. The quantitative estimate of drug-likeness (QED) is 0.763. The monoisotopic (exact) mass is 235 g/mol. The van der Waals surface area contributed by atoms with E-state index in [0.29, 0.717) is 0 Å². The third-order valence-electron chi connectivity index (χ3n) is 2.44. The van der Waals surface area contributed by atoms with Crippen molar-refractivity contribution in [2.45, 2.75) is 25.3 Å². The Balaban J connectivity index is 1.95. The lowest BCUT2D eigenvalue weighted by Crippen LogP contribution is -2.01. The fraction of sp³-hybridized carbons (Fsp3) is 0.333. The Labute approximate surface area is 100 Å². The second-order valence-electron chi connectivity index (χ2n) is 3.76. The van der Waals surface area contributed by atoms with Crippen molar-refractivity contribution in [1.29, 1.82) is 0 Å². The summed E-state index contributed by atoms with van der Waals surface area (Å²) < 4.78 is 1.83. The molecule has 1 aromatic heterocycles. The average molecular weight is 236 g/mol. The molecule has 0 radical (unpaired) electrons. The minimum absolute atomic E-state index is 0.0783. The third-order valence-corrected chi connectivity index (χ3v) is 2.66. The Bertz CT molecular complexity index is 437. The number of aryl methyl sites for hydroxylation is 2. The Hall–Kier alpha value is -1.35. The Morgan fingerprint density at radius 2 is 2.06 bits per heavy atom. The van der Waals surface area contributed by atoms with Crippen molar-refractivity contribution in [2.75, 3.05) is 0 Å². The van der Waals surface area contributed by atoms with Crippen molar-refractivity contribution in [3.8, 4) is 0 Å². The SMILES string of the molecule is CC(Cl)c1cn(CCc2ccccc2)nn1. The largest absolute Gasteiger partial charge is 0.252 e. The first kappa shape index (κ1) is 11.1. The molecule has 0 aliphatic carbocycles. The minimum Gasteiger partial charge on any atom is -0.252 e. The van der Waals surface area contributed by atoms with Crippen LogP contribution in [0, 0.1) is 0 Å². The van der Waals surface area contributed by atoms with Crippen molar-refractivity contribution in [2.24, 2.45) is 0 Å². The summed E-state index contributed by atoms with van der Waals surface area (Å²) in [6.45, 7) is 2.73. The molecule has 0 fully saturated rings. The normalized spacial score (nSPS) is 12.6. The predicted molar refractivity (Wildman–Crippen MR) is 64.4 cm³/mol. The standard InChI is InChI=1S/C12H14ClN3/c1-10(13)12-9-16(15-14-12)8-7-11-5-3-2-4-6-11/h2-6,9-10H,7-8H2,1H3. The summed E-state index contributed by atoms with van der Waals surface area (Å²) in [4.78, 5) is 0. The smallest absolute Gasteiger partial charge is 0.100 e. The highest BCUT2D eigenvalue weighted by molar-refractivity contribution is 6.20. The molecule has 0 saturated heterocycles. The van der Waals surface area contributed by atoms with Gasteiger partial charge < -0.3 is 0 Å². The number of rotatable bonds is 4. The van der Waals surface area contributed by atoms with E-state index in [1.165, 1.54) is 5.56 Å². The van der Waals surface area contributed by atoms with Crippen LogP contribution in [0.15, 0.2) is 36.5 Å². The van der Waals surface area contributed by atoms with E-state index < -0.39 is 0 Å². The molecule has 1 unspecified atom stereocenters. The van der Waals surface area contributed by atoms with Crippen LogP contribution in [-0.2, 0) is 13.0 Å². The van der Waals surface area contributed by atoms with Gasteiger partial charge in [-0.2, -0.15) is 0 Å². The van der Waals surface area contributed by atoms with E-state index in [2.05, 4.69) is 22.4 Å². The van der Waals surface area contributed by atoms with Crippen molar-refractivity contribution in [1.82, 2.24) is 15.0 Å². The van der Waals surface area contributed by atoms with Gasteiger partial charge in [0, 0.05) is 12.7 Å². The first-order chi connectivity index (χ1) is 7.75. The first-order valence-corrected chi connectivity index (χ1v) is 5.77. The van der Waals surface area contributed by atoms with Gasteiger partial charge in [-0.25, -0.2) is 0 Å². The molecular weight excluding hydrogens is 222 g/mol. The summed E-state index contributed by atoms with van der Waals surface area (Å²) in [5.74, 6) is 0. The molecular formula is C12H14ClN3. The number of hydrogen-bond acceptors (Lipinski definition) is 2. The molecule has 0 saturated carbocycles. The second-order valence-corrected chi connectivity index (χ2v) is 4.41. The van der Waals surface area contributed by atoms with Gasteiger partial charge in [0.2, 0.25) is 0 Å².